The number of carbonyl (C=O) groups is 1. The summed E-state index contributed by atoms with van der Waals surface area (Å²) in [7, 11) is 0. The van der Waals surface area contributed by atoms with Gasteiger partial charge in [-0.05, 0) is 29.3 Å². The Labute approximate surface area is 166 Å². The summed E-state index contributed by atoms with van der Waals surface area (Å²) in [5, 5.41) is 5.92. The van der Waals surface area contributed by atoms with Crippen molar-refractivity contribution in [2.24, 2.45) is 0 Å². The lowest BCUT2D eigenvalue weighted by atomic mass is 10.0. The molecule has 0 atom stereocenters. The molecule has 3 nitrogen and oxygen atoms in total. The summed E-state index contributed by atoms with van der Waals surface area (Å²) in [5.41, 5.74) is 4.38. The highest BCUT2D eigenvalue weighted by molar-refractivity contribution is 7.14. The van der Waals surface area contributed by atoms with Gasteiger partial charge in [0.2, 0.25) is 0 Å². The molecule has 3 aromatic carbocycles. The summed E-state index contributed by atoms with van der Waals surface area (Å²) in [5.74, 6) is -0.185. The van der Waals surface area contributed by atoms with E-state index in [1.807, 2.05) is 84.2 Å². The zero-order valence-corrected chi connectivity index (χ0v) is 15.8. The van der Waals surface area contributed by atoms with E-state index in [0.29, 0.717) is 15.7 Å². The largest absolute Gasteiger partial charge is 0.298 e. The molecule has 4 rings (SSSR count). The van der Waals surface area contributed by atoms with Crippen LogP contribution in [-0.4, -0.2) is 10.9 Å². The smallest absolute Gasteiger partial charge is 0.257 e. The van der Waals surface area contributed by atoms with Gasteiger partial charge in [0.15, 0.2) is 5.13 Å². The molecule has 0 aliphatic heterocycles. The number of hydrogen-bond donors (Lipinski definition) is 1. The zero-order valence-electron chi connectivity index (χ0n) is 14.2. The van der Waals surface area contributed by atoms with Gasteiger partial charge in [0, 0.05) is 21.5 Å². The first-order chi connectivity index (χ1) is 13.2. The van der Waals surface area contributed by atoms with Gasteiger partial charge in [-0.1, -0.05) is 72.3 Å². The predicted molar refractivity (Wildman–Crippen MR) is 112 cm³/mol. The van der Waals surface area contributed by atoms with Gasteiger partial charge in [-0.2, -0.15) is 0 Å². The minimum absolute atomic E-state index is 0.185. The molecule has 0 saturated heterocycles. The van der Waals surface area contributed by atoms with E-state index in [2.05, 4.69) is 10.3 Å². The van der Waals surface area contributed by atoms with Gasteiger partial charge in [0.05, 0.1) is 5.69 Å². The monoisotopic (exact) mass is 390 g/mol. The summed E-state index contributed by atoms with van der Waals surface area (Å²) >= 11 is 7.59. The molecule has 0 bridgehead atoms. The van der Waals surface area contributed by atoms with Gasteiger partial charge in [-0.3, -0.25) is 10.1 Å². The number of thiazole rings is 1. The fourth-order valence-electron chi connectivity index (χ4n) is 2.74. The molecule has 5 heteroatoms. The van der Waals surface area contributed by atoms with Crippen LogP contribution < -0.4 is 5.32 Å². The van der Waals surface area contributed by atoms with Gasteiger partial charge in [0.1, 0.15) is 0 Å². The molecule has 132 valence electrons. The van der Waals surface area contributed by atoms with Crippen LogP contribution >= 0.6 is 22.9 Å². The van der Waals surface area contributed by atoms with Crippen LogP contribution in [0.4, 0.5) is 5.13 Å². The normalized spacial score (nSPS) is 10.6. The third kappa shape index (κ3) is 3.92. The number of halogens is 1. The van der Waals surface area contributed by atoms with Crippen molar-refractivity contribution in [1.82, 2.24) is 4.98 Å². The van der Waals surface area contributed by atoms with Crippen molar-refractivity contribution in [2.45, 2.75) is 0 Å². The molecule has 0 spiro atoms. The molecule has 1 amide bonds. The first-order valence-corrected chi connectivity index (χ1v) is 9.64. The topological polar surface area (TPSA) is 42.0 Å². The molecule has 1 heterocycles. The summed E-state index contributed by atoms with van der Waals surface area (Å²) < 4.78 is 0. The lowest BCUT2D eigenvalue weighted by Crippen LogP contribution is -2.11. The van der Waals surface area contributed by atoms with Crippen molar-refractivity contribution in [1.29, 1.82) is 0 Å². The second kappa shape index (κ2) is 7.74. The van der Waals surface area contributed by atoms with E-state index in [9.17, 15) is 4.79 Å². The molecular formula is C22H15ClN2OS. The number of hydrogen-bond acceptors (Lipinski definition) is 3. The fourth-order valence-corrected chi connectivity index (χ4v) is 3.68. The average molecular weight is 391 g/mol. The molecule has 4 aromatic rings. The van der Waals surface area contributed by atoms with Crippen molar-refractivity contribution in [2.75, 3.05) is 5.32 Å². The highest BCUT2D eigenvalue weighted by Gasteiger charge is 2.11. The highest BCUT2D eigenvalue weighted by atomic mass is 35.5. The van der Waals surface area contributed by atoms with Crippen LogP contribution in [0.5, 0.6) is 0 Å². The number of carbonyl (C=O) groups excluding carboxylic acids is 1. The lowest BCUT2D eigenvalue weighted by Gasteiger charge is -2.05. The SMILES string of the molecule is O=C(Nc1nc(-c2ccccc2Cl)cs1)c1ccc(-c2ccccc2)cc1. The van der Waals surface area contributed by atoms with Crippen LogP contribution in [0.3, 0.4) is 0 Å². The molecule has 0 fully saturated rings. The van der Waals surface area contributed by atoms with E-state index in [1.54, 1.807) is 0 Å². The first-order valence-electron chi connectivity index (χ1n) is 8.38. The minimum Gasteiger partial charge on any atom is -0.298 e. The number of amides is 1. The number of anilines is 1. The summed E-state index contributed by atoms with van der Waals surface area (Å²) in [6.45, 7) is 0. The highest BCUT2D eigenvalue weighted by Crippen LogP contribution is 2.30. The maximum absolute atomic E-state index is 12.5. The van der Waals surface area contributed by atoms with Gasteiger partial charge >= 0.3 is 0 Å². The van der Waals surface area contributed by atoms with Crippen molar-refractivity contribution in [3.05, 3.63) is 94.8 Å². The van der Waals surface area contributed by atoms with Crippen molar-refractivity contribution in [3.63, 3.8) is 0 Å². The third-order valence-electron chi connectivity index (χ3n) is 4.13. The summed E-state index contributed by atoms with van der Waals surface area (Å²) in [6, 6.07) is 25.1. The Morgan fingerprint density at radius 2 is 1.52 bits per heavy atom. The molecule has 0 radical (unpaired) electrons. The minimum atomic E-state index is -0.185. The van der Waals surface area contributed by atoms with Gasteiger partial charge < -0.3 is 0 Å². The van der Waals surface area contributed by atoms with Crippen molar-refractivity contribution in [3.8, 4) is 22.4 Å². The second-order valence-electron chi connectivity index (χ2n) is 5.92. The van der Waals surface area contributed by atoms with Crippen LogP contribution in [0.2, 0.25) is 5.02 Å². The molecule has 1 N–H and O–H groups in total. The van der Waals surface area contributed by atoms with Crippen LogP contribution in [-0.2, 0) is 0 Å². The van der Waals surface area contributed by atoms with Gasteiger partial charge in [-0.15, -0.1) is 11.3 Å². The number of aromatic nitrogens is 1. The maximum Gasteiger partial charge on any atom is 0.257 e. The van der Waals surface area contributed by atoms with Crippen molar-refractivity contribution >= 4 is 34.0 Å². The fraction of sp³-hybridized carbons (Fsp3) is 0. The Kier molecular flexibility index (Phi) is 5.01. The van der Waals surface area contributed by atoms with Crippen LogP contribution in [0.15, 0.2) is 84.2 Å². The molecule has 0 saturated carbocycles. The Morgan fingerprint density at radius 1 is 0.852 bits per heavy atom. The standard InChI is InChI=1S/C22H15ClN2OS/c23-19-9-5-4-8-18(19)20-14-27-22(24-20)25-21(26)17-12-10-16(11-13-17)15-6-2-1-3-7-15/h1-14H,(H,24,25,26). The number of nitrogens with one attached hydrogen (secondary N) is 1. The zero-order chi connectivity index (χ0) is 18.6. The van der Waals surface area contributed by atoms with E-state index < -0.39 is 0 Å². The van der Waals surface area contributed by atoms with Crippen molar-refractivity contribution < 1.29 is 4.79 Å². The molecule has 0 aliphatic carbocycles. The first kappa shape index (κ1) is 17.5. The average Bonchev–Trinajstić information content (AvgIpc) is 3.17. The summed E-state index contributed by atoms with van der Waals surface area (Å²) in [4.78, 5) is 17.0. The van der Waals surface area contributed by atoms with Gasteiger partial charge in [0.25, 0.3) is 5.91 Å². The summed E-state index contributed by atoms with van der Waals surface area (Å²) in [6.07, 6.45) is 0. The second-order valence-corrected chi connectivity index (χ2v) is 7.18. The maximum atomic E-state index is 12.5. The number of nitrogens with zero attached hydrogens (tertiary/aromatic N) is 1. The van der Waals surface area contributed by atoms with E-state index in [4.69, 9.17) is 11.6 Å². The number of rotatable bonds is 4. The molecule has 1 aromatic heterocycles. The van der Waals surface area contributed by atoms with E-state index >= 15 is 0 Å². The van der Waals surface area contributed by atoms with E-state index in [-0.39, 0.29) is 5.91 Å². The Hall–Kier alpha value is -2.95. The van der Waals surface area contributed by atoms with E-state index in [0.717, 1.165) is 22.4 Å². The molecular weight excluding hydrogens is 376 g/mol. The molecule has 0 aliphatic rings. The third-order valence-corrected chi connectivity index (χ3v) is 5.22. The quantitative estimate of drug-likeness (QED) is 0.439. The lowest BCUT2D eigenvalue weighted by molar-refractivity contribution is 0.102. The number of benzene rings is 3. The Morgan fingerprint density at radius 3 is 2.26 bits per heavy atom. The van der Waals surface area contributed by atoms with Gasteiger partial charge in [-0.25, -0.2) is 4.98 Å². The predicted octanol–water partition coefficient (Wildman–Crippen LogP) is 6.38. The molecule has 27 heavy (non-hydrogen) atoms. The van der Waals surface area contributed by atoms with E-state index in [1.165, 1.54) is 11.3 Å². The Balaban J connectivity index is 1.49. The molecule has 0 unspecified atom stereocenters. The van der Waals surface area contributed by atoms with Crippen LogP contribution in [0.25, 0.3) is 22.4 Å². The Bertz CT molecular complexity index is 1070. The van der Waals surface area contributed by atoms with Crippen LogP contribution in [0.1, 0.15) is 10.4 Å². The van der Waals surface area contributed by atoms with Crippen LogP contribution in [0, 0.1) is 0 Å².